The Morgan fingerprint density at radius 3 is 2.92 bits per heavy atom. The number of hydrogen-bond donors (Lipinski definition) is 1. The lowest BCUT2D eigenvalue weighted by atomic mass is 10.1. The lowest BCUT2D eigenvalue weighted by molar-refractivity contribution is 0.0955. The quantitative estimate of drug-likeness (QED) is 0.613. The number of aromatic nitrogens is 3. The highest BCUT2D eigenvalue weighted by Gasteiger charge is 2.17. The van der Waals surface area contributed by atoms with Crippen LogP contribution in [0.3, 0.4) is 0 Å². The lowest BCUT2D eigenvalue weighted by Gasteiger charge is -2.08. The van der Waals surface area contributed by atoms with Gasteiger partial charge in [-0.1, -0.05) is 29.4 Å². The van der Waals surface area contributed by atoms with Gasteiger partial charge in [-0.15, -0.1) is 0 Å². The Bertz CT molecular complexity index is 1110. The van der Waals surface area contributed by atoms with Crippen LogP contribution in [0.1, 0.15) is 27.3 Å². The predicted molar refractivity (Wildman–Crippen MR) is 99.1 cm³/mol. The number of carbonyl (C=O) groups excluding carboxylic acids is 1. The van der Waals surface area contributed by atoms with Crippen molar-refractivity contribution < 1.29 is 9.32 Å². The Balaban J connectivity index is 1.54. The van der Waals surface area contributed by atoms with Gasteiger partial charge >= 0.3 is 0 Å². The summed E-state index contributed by atoms with van der Waals surface area (Å²) in [7, 11) is 0. The Hall–Kier alpha value is -3.28. The first-order valence-corrected chi connectivity index (χ1v) is 8.48. The van der Waals surface area contributed by atoms with Crippen molar-refractivity contribution in [1.82, 2.24) is 20.4 Å². The van der Waals surface area contributed by atoms with Crippen LogP contribution >= 0.6 is 0 Å². The van der Waals surface area contributed by atoms with Crippen molar-refractivity contribution in [2.24, 2.45) is 0 Å². The lowest BCUT2D eigenvalue weighted by Crippen LogP contribution is -2.26. The zero-order valence-electron chi connectivity index (χ0n) is 14.6. The second-order valence-electron chi connectivity index (χ2n) is 6.26. The molecule has 1 N–H and O–H groups in total. The van der Waals surface area contributed by atoms with E-state index in [2.05, 4.69) is 20.4 Å². The third-order valence-electron chi connectivity index (χ3n) is 4.39. The number of nitrogens with zero attached hydrogens (tertiary/aromatic N) is 3. The number of rotatable bonds is 4. The van der Waals surface area contributed by atoms with Gasteiger partial charge in [0, 0.05) is 23.8 Å². The van der Waals surface area contributed by atoms with E-state index in [0.29, 0.717) is 35.3 Å². The zero-order chi connectivity index (χ0) is 18.1. The number of benzene rings is 1. The Morgan fingerprint density at radius 1 is 1.19 bits per heavy atom. The maximum absolute atomic E-state index is 12.7. The van der Waals surface area contributed by atoms with Crippen molar-refractivity contribution in [3.8, 4) is 0 Å². The third-order valence-corrected chi connectivity index (χ3v) is 4.39. The van der Waals surface area contributed by atoms with Crippen LogP contribution in [0, 0.1) is 13.8 Å². The van der Waals surface area contributed by atoms with Crippen LogP contribution in [-0.2, 0) is 6.42 Å². The summed E-state index contributed by atoms with van der Waals surface area (Å²) in [6.07, 6.45) is 2.49. The number of hydrogen-bond acceptors (Lipinski definition) is 5. The molecule has 4 aromatic rings. The standard InChI is InChI=1S/C20H18N4O2/c1-12-11-16(17-13(2)24-26-20(17)23-12)19(25)22-10-8-15-6-3-5-14-7-4-9-21-18(14)15/h3-7,9,11H,8,10H2,1-2H3,(H,22,25). The fourth-order valence-electron chi connectivity index (χ4n) is 3.17. The highest BCUT2D eigenvalue weighted by molar-refractivity contribution is 6.06. The van der Waals surface area contributed by atoms with Gasteiger partial charge in [-0.25, -0.2) is 4.98 Å². The number of para-hydroxylation sites is 1. The SMILES string of the molecule is Cc1cc(C(=O)NCCc2cccc3cccnc23)c2c(C)noc2n1. The number of carbonyl (C=O) groups is 1. The second kappa shape index (κ2) is 6.55. The zero-order valence-corrected chi connectivity index (χ0v) is 14.6. The molecule has 1 amide bonds. The van der Waals surface area contributed by atoms with Crippen molar-refractivity contribution in [3.05, 3.63) is 65.1 Å². The van der Waals surface area contributed by atoms with Crippen LogP contribution in [0.4, 0.5) is 0 Å². The van der Waals surface area contributed by atoms with Gasteiger partial charge in [0.2, 0.25) is 0 Å². The minimum atomic E-state index is -0.153. The number of pyridine rings is 2. The van der Waals surface area contributed by atoms with Gasteiger partial charge in [0.05, 0.1) is 22.2 Å². The van der Waals surface area contributed by atoms with E-state index >= 15 is 0 Å². The van der Waals surface area contributed by atoms with E-state index in [4.69, 9.17) is 4.52 Å². The smallest absolute Gasteiger partial charge is 0.258 e. The summed E-state index contributed by atoms with van der Waals surface area (Å²) < 4.78 is 5.19. The van der Waals surface area contributed by atoms with Crippen molar-refractivity contribution in [3.63, 3.8) is 0 Å². The van der Waals surface area contributed by atoms with Gasteiger partial charge in [0.1, 0.15) is 0 Å². The summed E-state index contributed by atoms with van der Waals surface area (Å²) >= 11 is 0. The average molecular weight is 346 g/mol. The van der Waals surface area contributed by atoms with Gasteiger partial charge in [-0.05, 0) is 38.0 Å². The molecule has 130 valence electrons. The van der Waals surface area contributed by atoms with Crippen molar-refractivity contribution in [2.45, 2.75) is 20.3 Å². The van der Waals surface area contributed by atoms with Crippen LogP contribution in [0.15, 0.2) is 47.1 Å². The summed E-state index contributed by atoms with van der Waals surface area (Å²) in [4.78, 5) is 21.4. The highest BCUT2D eigenvalue weighted by Crippen LogP contribution is 2.22. The molecule has 6 nitrogen and oxygen atoms in total. The molecule has 0 spiro atoms. The number of nitrogens with one attached hydrogen (secondary N) is 1. The molecule has 0 fully saturated rings. The van der Waals surface area contributed by atoms with Gasteiger partial charge in [-0.2, -0.15) is 0 Å². The maximum Gasteiger partial charge on any atom is 0.258 e. The molecule has 0 radical (unpaired) electrons. The molecular formula is C20H18N4O2. The highest BCUT2D eigenvalue weighted by atomic mass is 16.5. The molecular weight excluding hydrogens is 328 g/mol. The van der Waals surface area contributed by atoms with E-state index in [1.165, 1.54) is 0 Å². The largest absolute Gasteiger partial charge is 0.352 e. The van der Waals surface area contributed by atoms with Gasteiger partial charge in [0.15, 0.2) is 0 Å². The molecule has 4 rings (SSSR count). The van der Waals surface area contributed by atoms with Crippen molar-refractivity contribution >= 4 is 27.9 Å². The summed E-state index contributed by atoms with van der Waals surface area (Å²) in [6.45, 7) is 4.15. The van der Waals surface area contributed by atoms with Crippen LogP contribution < -0.4 is 5.32 Å². The molecule has 26 heavy (non-hydrogen) atoms. The molecule has 0 saturated carbocycles. The Morgan fingerprint density at radius 2 is 2.04 bits per heavy atom. The summed E-state index contributed by atoms with van der Waals surface area (Å²) in [5, 5.41) is 8.67. The Kier molecular flexibility index (Phi) is 4.08. The maximum atomic E-state index is 12.7. The Labute approximate surface area is 150 Å². The van der Waals surface area contributed by atoms with Crippen molar-refractivity contribution in [2.75, 3.05) is 6.54 Å². The predicted octanol–water partition coefficient (Wildman–Crippen LogP) is 3.36. The molecule has 6 heteroatoms. The fraction of sp³-hybridized carbons (Fsp3) is 0.200. The summed E-state index contributed by atoms with van der Waals surface area (Å²) in [6, 6.07) is 11.8. The fourth-order valence-corrected chi connectivity index (χ4v) is 3.17. The van der Waals surface area contributed by atoms with Crippen molar-refractivity contribution in [1.29, 1.82) is 0 Å². The molecule has 0 atom stereocenters. The molecule has 3 aromatic heterocycles. The molecule has 0 aliphatic carbocycles. The molecule has 3 heterocycles. The molecule has 0 aliphatic rings. The molecule has 1 aromatic carbocycles. The average Bonchev–Trinajstić information content (AvgIpc) is 3.02. The van der Waals surface area contributed by atoms with Gasteiger partial charge < -0.3 is 9.84 Å². The van der Waals surface area contributed by atoms with Crippen LogP contribution in [0.5, 0.6) is 0 Å². The van der Waals surface area contributed by atoms with E-state index in [1.807, 2.05) is 37.3 Å². The summed E-state index contributed by atoms with van der Waals surface area (Å²) in [5.41, 5.74) is 4.41. The van der Waals surface area contributed by atoms with Gasteiger partial charge in [0.25, 0.3) is 11.6 Å². The second-order valence-corrected chi connectivity index (χ2v) is 6.26. The minimum absolute atomic E-state index is 0.153. The number of amides is 1. The normalized spacial score (nSPS) is 11.2. The number of fused-ring (bicyclic) bond motifs is 2. The van der Waals surface area contributed by atoms with E-state index in [1.54, 1.807) is 19.2 Å². The molecule has 0 aliphatic heterocycles. The molecule has 0 bridgehead atoms. The first kappa shape index (κ1) is 16.2. The summed E-state index contributed by atoms with van der Waals surface area (Å²) in [5.74, 6) is -0.153. The minimum Gasteiger partial charge on any atom is -0.352 e. The monoisotopic (exact) mass is 346 g/mol. The van der Waals surface area contributed by atoms with Crippen LogP contribution in [-0.4, -0.2) is 27.6 Å². The number of aryl methyl sites for hydroxylation is 2. The third kappa shape index (κ3) is 2.90. The first-order valence-electron chi connectivity index (χ1n) is 8.48. The van der Waals surface area contributed by atoms with E-state index in [9.17, 15) is 4.79 Å². The van der Waals surface area contributed by atoms with E-state index in [-0.39, 0.29) is 5.91 Å². The molecule has 0 unspecified atom stereocenters. The van der Waals surface area contributed by atoms with Gasteiger partial charge in [-0.3, -0.25) is 9.78 Å². The van der Waals surface area contributed by atoms with E-state index in [0.717, 1.165) is 22.2 Å². The van der Waals surface area contributed by atoms with E-state index < -0.39 is 0 Å². The first-order chi connectivity index (χ1) is 12.6. The van der Waals surface area contributed by atoms with Crippen LogP contribution in [0.2, 0.25) is 0 Å². The topological polar surface area (TPSA) is 80.9 Å². The molecule has 0 saturated heterocycles. The van der Waals surface area contributed by atoms with Crippen LogP contribution in [0.25, 0.3) is 22.0 Å².